The van der Waals surface area contributed by atoms with Crippen LogP contribution in [0.1, 0.15) is 19.8 Å². The average Bonchev–Trinajstić information content (AvgIpc) is 2.43. The summed E-state index contributed by atoms with van der Waals surface area (Å²) >= 11 is 0. The minimum atomic E-state index is -0.811. The molecule has 7 nitrogen and oxygen atoms in total. The molecule has 108 valence electrons. The van der Waals surface area contributed by atoms with Crippen molar-refractivity contribution in [2.75, 3.05) is 33.3 Å². The van der Waals surface area contributed by atoms with Crippen LogP contribution < -0.4 is 0 Å². The number of carbonyl (C=O) groups excluding carboxylic acids is 2. The maximum absolute atomic E-state index is 12.2. The first-order valence-electron chi connectivity index (χ1n) is 6.33. The Hall–Kier alpha value is -1.79. The number of urea groups is 1. The molecular weight excluding hydrogens is 252 g/mol. The lowest BCUT2D eigenvalue weighted by Crippen LogP contribution is -2.48. The van der Waals surface area contributed by atoms with Gasteiger partial charge in [-0.1, -0.05) is 0 Å². The van der Waals surface area contributed by atoms with Gasteiger partial charge in [0.05, 0.1) is 13.0 Å². The fourth-order valence-electron chi connectivity index (χ4n) is 2.05. The third-order valence-corrected chi connectivity index (χ3v) is 3.31. The van der Waals surface area contributed by atoms with E-state index in [0.717, 1.165) is 0 Å². The largest absolute Gasteiger partial charge is 0.481 e. The van der Waals surface area contributed by atoms with Gasteiger partial charge in [-0.05, 0) is 19.8 Å². The van der Waals surface area contributed by atoms with Gasteiger partial charge >= 0.3 is 18.0 Å². The zero-order valence-corrected chi connectivity index (χ0v) is 11.3. The number of hydrogen-bond donors (Lipinski definition) is 1. The van der Waals surface area contributed by atoms with Gasteiger partial charge in [0.15, 0.2) is 0 Å². The third kappa shape index (κ3) is 4.11. The number of carboxylic acid groups (broad SMARTS) is 1. The molecule has 0 radical (unpaired) electrons. The Balaban J connectivity index is 2.53. The Morgan fingerprint density at radius 2 is 1.89 bits per heavy atom. The van der Waals surface area contributed by atoms with Gasteiger partial charge < -0.3 is 19.6 Å². The topological polar surface area (TPSA) is 87.2 Å². The van der Waals surface area contributed by atoms with Crippen LogP contribution in [0.15, 0.2) is 0 Å². The number of aliphatic carboxylic acids is 1. The van der Waals surface area contributed by atoms with E-state index in [1.165, 1.54) is 12.0 Å². The van der Waals surface area contributed by atoms with Gasteiger partial charge in [0.25, 0.3) is 0 Å². The molecule has 0 unspecified atom stereocenters. The fourth-order valence-corrected chi connectivity index (χ4v) is 2.05. The second-order valence-corrected chi connectivity index (χ2v) is 4.47. The Morgan fingerprint density at radius 1 is 1.32 bits per heavy atom. The van der Waals surface area contributed by atoms with Crippen molar-refractivity contribution in [1.29, 1.82) is 0 Å². The molecule has 0 atom stereocenters. The lowest BCUT2D eigenvalue weighted by molar-refractivity contribution is -0.143. The highest BCUT2D eigenvalue weighted by molar-refractivity contribution is 5.81. The molecule has 0 bridgehead atoms. The zero-order valence-electron chi connectivity index (χ0n) is 11.3. The summed E-state index contributed by atoms with van der Waals surface area (Å²) < 4.78 is 4.54. The van der Waals surface area contributed by atoms with Gasteiger partial charge in [-0.15, -0.1) is 0 Å². The van der Waals surface area contributed by atoms with E-state index >= 15 is 0 Å². The van der Waals surface area contributed by atoms with Gasteiger partial charge in [-0.2, -0.15) is 0 Å². The monoisotopic (exact) mass is 272 g/mol. The second-order valence-electron chi connectivity index (χ2n) is 4.47. The average molecular weight is 272 g/mol. The number of likely N-dealkylation sites (N-methyl/N-ethyl adjacent to an activating group) is 1. The van der Waals surface area contributed by atoms with Crippen molar-refractivity contribution >= 4 is 18.0 Å². The summed E-state index contributed by atoms with van der Waals surface area (Å²) in [5, 5.41) is 8.89. The number of esters is 1. The van der Waals surface area contributed by atoms with Crippen molar-refractivity contribution in [1.82, 2.24) is 9.80 Å². The van der Waals surface area contributed by atoms with Gasteiger partial charge in [-0.3, -0.25) is 9.59 Å². The number of hydrogen-bond acceptors (Lipinski definition) is 4. The molecule has 0 aliphatic carbocycles. The van der Waals surface area contributed by atoms with E-state index in [2.05, 4.69) is 4.74 Å². The molecule has 0 saturated carbocycles. The molecule has 0 aromatic carbocycles. The van der Waals surface area contributed by atoms with Gasteiger partial charge in [-0.25, -0.2) is 4.79 Å². The van der Waals surface area contributed by atoms with Crippen molar-refractivity contribution in [2.24, 2.45) is 5.92 Å². The van der Waals surface area contributed by atoms with Crippen molar-refractivity contribution in [3.63, 3.8) is 0 Å². The molecule has 1 saturated heterocycles. The van der Waals surface area contributed by atoms with Crippen molar-refractivity contribution in [3.8, 4) is 0 Å². The van der Waals surface area contributed by atoms with E-state index in [9.17, 15) is 14.4 Å². The minimum absolute atomic E-state index is 0.0787. The number of methoxy groups -OCH3 is 1. The highest BCUT2D eigenvalue weighted by Gasteiger charge is 2.29. The lowest BCUT2D eigenvalue weighted by atomic mass is 9.97. The molecule has 7 heteroatoms. The number of carboxylic acids is 1. The maximum atomic E-state index is 12.2. The molecule has 1 N–H and O–H groups in total. The SMILES string of the molecule is CCN(CC(=O)OC)C(=O)N1CCC(C(=O)O)CC1. The van der Waals surface area contributed by atoms with E-state index in [1.807, 2.05) is 0 Å². The summed E-state index contributed by atoms with van der Waals surface area (Å²) in [6.07, 6.45) is 0.910. The van der Waals surface area contributed by atoms with Crippen molar-refractivity contribution in [3.05, 3.63) is 0 Å². The van der Waals surface area contributed by atoms with E-state index in [-0.39, 0.29) is 18.5 Å². The molecule has 2 amide bonds. The molecule has 0 aromatic rings. The number of nitrogens with zero attached hydrogens (tertiary/aromatic N) is 2. The first kappa shape index (κ1) is 15.3. The van der Waals surface area contributed by atoms with Crippen LogP contribution in [0.25, 0.3) is 0 Å². The number of amides is 2. The Bertz CT molecular complexity index is 350. The maximum Gasteiger partial charge on any atom is 0.325 e. The summed E-state index contributed by atoms with van der Waals surface area (Å²) in [6, 6.07) is -0.239. The van der Waals surface area contributed by atoms with E-state index in [1.54, 1.807) is 11.8 Å². The zero-order chi connectivity index (χ0) is 14.4. The van der Waals surface area contributed by atoms with Crippen LogP contribution in [0, 0.1) is 5.92 Å². The number of carbonyl (C=O) groups is 3. The summed E-state index contributed by atoms with van der Waals surface area (Å²) in [6.45, 7) is 2.93. The van der Waals surface area contributed by atoms with E-state index in [4.69, 9.17) is 5.11 Å². The van der Waals surface area contributed by atoms with Crippen LogP contribution in [0.3, 0.4) is 0 Å². The molecule has 1 aliphatic rings. The quantitative estimate of drug-likeness (QED) is 0.748. The number of ether oxygens (including phenoxy) is 1. The molecule has 1 heterocycles. The molecule has 0 spiro atoms. The van der Waals surface area contributed by atoms with Crippen LogP contribution >= 0.6 is 0 Å². The first-order chi connectivity index (χ1) is 8.99. The standard InChI is InChI=1S/C12H20N2O5/c1-3-13(8-10(15)19-2)12(18)14-6-4-9(5-7-14)11(16)17/h9H,3-8H2,1-2H3,(H,16,17). The summed E-state index contributed by atoms with van der Waals surface area (Å²) in [7, 11) is 1.28. The van der Waals surface area contributed by atoms with Crippen LogP contribution in [-0.4, -0.2) is 66.2 Å². The summed E-state index contributed by atoms with van der Waals surface area (Å²) in [4.78, 5) is 37.2. The Morgan fingerprint density at radius 3 is 2.32 bits per heavy atom. The van der Waals surface area contributed by atoms with Crippen LogP contribution in [0.2, 0.25) is 0 Å². The van der Waals surface area contributed by atoms with Gasteiger partial charge in [0, 0.05) is 19.6 Å². The Kier molecular flexibility index (Phi) is 5.59. The highest BCUT2D eigenvalue weighted by Crippen LogP contribution is 2.18. The summed E-state index contributed by atoms with van der Waals surface area (Å²) in [5.41, 5.74) is 0. The predicted octanol–water partition coefficient (Wildman–Crippen LogP) is 0.398. The smallest absolute Gasteiger partial charge is 0.325 e. The van der Waals surface area contributed by atoms with Crippen LogP contribution in [0.4, 0.5) is 4.79 Å². The minimum Gasteiger partial charge on any atom is -0.481 e. The predicted molar refractivity (Wildman–Crippen MR) is 66.6 cm³/mol. The van der Waals surface area contributed by atoms with Crippen LogP contribution in [0.5, 0.6) is 0 Å². The second kappa shape index (κ2) is 6.96. The molecule has 1 aliphatic heterocycles. The molecule has 1 rings (SSSR count). The number of rotatable bonds is 4. The van der Waals surface area contributed by atoms with Crippen LogP contribution in [-0.2, 0) is 14.3 Å². The van der Waals surface area contributed by atoms with Crippen molar-refractivity contribution in [2.45, 2.75) is 19.8 Å². The number of piperidine rings is 1. The third-order valence-electron chi connectivity index (χ3n) is 3.31. The normalized spacial score (nSPS) is 16.0. The highest BCUT2D eigenvalue weighted by atomic mass is 16.5. The van der Waals surface area contributed by atoms with E-state index in [0.29, 0.717) is 32.5 Å². The molecule has 0 aromatic heterocycles. The van der Waals surface area contributed by atoms with Gasteiger partial charge in [0.2, 0.25) is 0 Å². The first-order valence-corrected chi connectivity index (χ1v) is 6.33. The number of likely N-dealkylation sites (tertiary alicyclic amines) is 1. The lowest BCUT2D eigenvalue weighted by Gasteiger charge is -2.33. The summed E-state index contributed by atoms with van der Waals surface area (Å²) in [5.74, 6) is -1.65. The van der Waals surface area contributed by atoms with E-state index < -0.39 is 11.9 Å². The molecule has 1 fully saturated rings. The Labute approximate surface area is 112 Å². The fraction of sp³-hybridized carbons (Fsp3) is 0.750. The molecular formula is C12H20N2O5. The molecule has 19 heavy (non-hydrogen) atoms. The van der Waals surface area contributed by atoms with Gasteiger partial charge in [0.1, 0.15) is 6.54 Å². The van der Waals surface area contributed by atoms with Crippen molar-refractivity contribution < 1.29 is 24.2 Å².